The number of imide groups is 2. The molecule has 2 heterocycles. The van der Waals surface area contributed by atoms with Crippen molar-refractivity contribution in [1.82, 2.24) is 10.6 Å². The molecule has 1 saturated heterocycles. The molecular weight excluding hydrogens is 1120 g/mol. The van der Waals surface area contributed by atoms with Crippen LogP contribution in [0.1, 0.15) is 46.8 Å². The van der Waals surface area contributed by atoms with Crippen LogP contribution in [0.2, 0.25) is 0 Å². The maximum atomic E-state index is 11.6. The molecular formula is C60H57N17O10. The minimum Gasteiger partial charge on any atom is -0.369 e. The zero-order chi connectivity index (χ0) is 66.6. The van der Waals surface area contributed by atoms with Gasteiger partial charge in [-0.3, -0.25) is 63.4 Å². The topological polar surface area (TPSA) is 468 Å². The molecule has 0 spiro atoms. The number of benzene rings is 4. The Morgan fingerprint density at radius 3 is 1.43 bits per heavy atom. The molecule has 2 aliphatic rings. The summed E-state index contributed by atoms with van der Waals surface area (Å²) in [6, 6.07) is 39.2. The number of aldehydes is 1. The third-order valence-electron chi connectivity index (χ3n) is 10.8. The number of amides is 9. The first-order chi connectivity index (χ1) is 41.4. The number of nitriles is 4. The van der Waals surface area contributed by atoms with Crippen LogP contribution in [0.15, 0.2) is 132 Å². The van der Waals surface area contributed by atoms with Gasteiger partial charge in [0.2, 0.25) is 11.8 Å². The Morgan fingerprint density at radius 2 is 1.10 bits per heavy atom. The van der Waals surface area contributed by atoms with E-state index in [0.29, 0.717) is 11.1 Å². The first-order valence-corrected chi connectivity index (χ1v) is 24.6. The Hall–Kier alpha value is -13.0. The molecule has 0 radical (unpaired) electrons. The first kappa shape index (κ1) is 76.1. The van der Waals surface area contributed by atoms with Gasteiger partial charge in [0.1, 0.15) is 41.4 Å². The lowest BCUT2D eigenvalue weighted by Gasteiger charge is -2.26. The number of carbonyl (C=O) groups is 10. The van der Waals surface area contributed by atoms with Gasteiger partial charge >= 0.3 is 35.8 Å². The Bertz CT molecular complexity index is 3420. The quantitative estimate of drug-likeness (QED) is 0.0332. The van der Waals surface area contributed by atoms with E-state index >= 15 is 0 Å². The van der Waals surface area contributed by atoms with E-state index in [-0.39, 0.29) is 35.7 Å². The molecule has 7 atom stereocenters. The minimum absolute atomic E-state index is 0.0359. The summed E-state index contributed by atoms with van der Waals surface area (Å²) in [5.41, 5.74) is 31.4. The second-order valence-corrected chi connectivity index (χ2v) is 16.9. The molecule has 6 rings (SSSR count). The summed E-state index contributed by atoms with van der Waals surface area (Å²) in [5.74, 6) is -10.1. The van der Waals surface area contributed by atoms with E-state index in [4.69, 9.17) is 71.1 Å². The molecule has 14 N–H and O–H groups in total. The number of nitrogens with zero attached hydrogens (tertiary/aromatic N) is 9. The number of piperidine rings is 1. The van der Waals surface area contributed by atoms with Gasteiger partial charge in [-0.2, -0.15) is 21.0 Å². The van der Waals surface area contributed by atoms with Crippen LogP contribution in [-0.4, -0.2) is 97.7 Å². The summed E-state index contributed by atoms with van der Waals surface area (Å²) in [5, 5.41) is 39.5. The van der Waals surface area contributed by atoms with Crippen LogP contribution < -0.4 is 45.0 Å². The lowest BCUT2D eigenvalue weighted by Crippen LogP contribution is -2.52. The Kier molecular flexibility index (Phi) is 37.5. The summed E-state index contributed by atoms with van der Waals surface area (Å²) in [6.45, 7) is 36.2. The molecule has 4 aromatic rings. The van der Waals surface area contributed by atoms with E-state index < -0.39 is 95.0 Å². The number of primary amides is 5. The molecule has 2 aliphatic heterocycles. The smallest absolute Gasteiger partial charge is 0.327 e. The molecule has 0 saturated carbocycles. The molecule has 87 heavy (non-hydrogen) atoms. The van der Waals surface area contributed by atoms with E-state index in [2.05, 4.69) is 46.7 Å². The van der Waals surface area contributed by atoms with Crippen molar-refractivity contribution < 1.29 is 47.9 Å². The van der Waals surface area contributed by atoms with Crippen LogP contribution >= 0.6 is 0 Å². The highest BCUT2D eigenvalue weighted by Gasteiger charge is 2.49. The average molecular weight is 1180 g/mol. The molecule has 1 fully saturated rings. The standard InChI is InChI=1S/C13H9N3O2.C13H7N3O2.C10H14N4O2.C10H8N2O.C7H6O.2C3H4N2O.CH5N/c2*1-15-11-10(8-5-3-2-4-6-8)9(7-14)12(17)16-13(11)18;1-5(2)7(6(4-11)9(12)15)8(14-3)10(13)16;11-7-9(10(12)13)6-8-4-2-1-3-5-8;8-6-7-4-2-1-3-5-7;2*1-5-2-3(4)6;1-2/h2-6,9-11H,(H,16,17,18);2-6,11H,(H,16,17,18);5-8H,1-2H3,(H2,12,15)(H2,13,16);1-6H,(H2,12,13);1-6H;2*2H2,(H2,4,6);2H2,1H3/b;;;9-6+;;;;. The number of carbonyl (C=O) groups excluding carboxylic acids is 10. The second kappa shape index (κ2) is 42.9. The summed E-state index contributed by atoms with van der Waals surface area (Å²) in [4.78, 5) is 123. The zero-order valence-corrected chi connectivity index (χ0v) is 46.8. The predicted molar refractivity (Wildman–Crippen MR) is 313 cm³/mol. The van der Waals surface area contributed by atoms with Crippen LogP contribution in [0.4, 0.5) is 0 Å². The lowest BCUT2D eigenvalue weighted by atomic mass is 9.78. The third-order valence-corrected chi connectivity index (χ3v) is 10.8. The maximum Gasteiger partial charge on any atom is 0.327 e. The number of hydrogen-bond donors (Lipinski definition) is 8. The molecule has 0 bridgehead atoms. The van der Waals surface area contributed by atoms with E-state index in [9.17, 15) is 47.9 Å². The van der Waals surface area contributed by atoms with Gasteiger partial charge in [0.25, 0.3) is 36.7 Å². The normalized spacial score (nSPS) is 15.7. The second-order valence-electron chi connectivity index (χ2n) is 16.9. The lowest BCUT2D eigenvalue weighted by molar-refractivity contribution is -0.136. The molecule has 7 unspecified atom stereocenters. The summed E-state index contributed by atoms with van der Waals surface area (Å²) in [7, 11) is 1.50. The Labute approximate surface area is 501 Å². The van der Waals surface area contributed by atoms with Crippen molar-refractivity contribution in [3.8, 4) is 24.3 Å². The molecule has 0 aromatic heterocycles. The van der Waals surface area contributed by atoms with Gasteiger partial charge in [0, 0.05) is 5.56 Å². The van der Waals surface area contributed by atoms with Crippen molar-refractivity contribution in [2.24, 2.45) is 58.1 Å². The fourth-order valence-electron chi connectivity index (χ4n) is 7.07. The number of nitrogens with one attached hydrogen (secondary N) is 2. The average Bonchev–Trinajstić information content (AvgIpc) is 1.60. The molecule has 27 heteroatoms. The van der Waals surface area contributed by atoms with Crippen molar-refractivity contribution in [2.45, 2.75) is 37.9 Å². The number of hydrogen-bond acceptors (Lipinski definition) is 15. The van der Waals surface area contributed by atoms with E-state index in [1.54, 1.807) is 117 Å². The van der Waals surface area contributed by atoms with Crippen molar-refractivity contribution in [2.75, 3.05) is 20.1 Å². The predicted octanol–water partition coefficient (Wildman–Crippen LogP) is 2.35. The van der Waals surface area contributed by atoms with Gasteiger partial charge in [0.15, 0.2) is 0 Å². The number of nitrogens with two attached hydrogens (primary N) is 6. The molecule has 4 aromatic carbocycles. The minimum atomic E-state index is -1.20. The van der Waals surface area contributed by atoms with Crippen molar-refractivity contribution in [1.29, 1.82) is 21.0 Å². The van der Waals surface area contributed by atoms with Crippen LogP contribution in [0.5, 0.6) is 0 Å². The summed E-state index contributed by atoms with van der Waals surface area (Å²) in [6.07, 6.45) is 2.29. The molecule has 442 valence electrons. The highest BCUT2D eigenvalue weighted by Crippen LogP contribution is 2.33. The van der Waals surface area contributed by atoms with Gasteiger partial charge in [-0.05, 0) is 35.7 Å². The van der Waals surface area contributed by atoms with E-state index in [1.165, 1.54) is 13.1 Å². The largest absolute Gasteiger partial charge is 0.369 e. The highest BCUT2D eigenvalue weighted by atomic mass is 16.2. The highest BCUT2D eigenvalue weighted by molar-refractivity contribution is 6.21. The molecule has 9 amide bonds. The van der Waals surface area contributed by atoms with Gasteiger partial charge < -0.3 is 53.8 Å². The van der Waals surface area contributed by atoms with Crippen LogP contribution in [-0.2, 0) is 43.2 Å². The van der Waals surface area contributed by atoms with Crippen LogP contribution in [0.25, 0.3) is 35.9 Å². The zero-order valence-electron chi connectivity index (χ0n) is 46.8. The van der Waals surface area contributed by atoms with Gasteiger partial charge in [-0.15, -0.1) is 0 Å². The Balaban J connectivity index is 0. The number of rotatable bonds is 12. The van der Waals surface area contributed by atoms with Gasteiger partial charge in [-0.25, -0.2) is 32.9 Å². The SMILES string of the molecule is CN.N#C/C(=C\c1ccccc1)C(N)=O.O=Cc1ccccc1.[C-]#[N+]C(C(N)=O)C(C(C)C)C(C#N)C(N)=O.[C-]#[N+]C1C(=O)NC(=O)C(C#N)=C1c1ccccc1.[C-]#[N+]C1C(=O)NC(=O)C(C#N)C1c1ccccc1.[C-]#[N+]CC(N)=O.[C-]#[N+]CC(N)=O. The van der Waals surface area contributed by atoms with E-state index in [0.717, 1.165) is 17.4 Å². The monoisotopic (exact) mass is 1180 g/mol. The van der Waals surface area contributed by atoms with Crippen molar-refractivity contribution in [3.05, 3.63) is 212 Å². The van der Waals surface area contributed by atoms with E-state index in [1.807, 2.05) is 47.8 Å². The van der Waals surface area contributed by atoms with Crippen LogP contribution in [0.3, 0.4) is 0 Å². The molecule has 27 nitrogen and oxygen atoms in total. The fourth-order valence-corrected chi connectivity index (χ4v) is 7.07. The van der Waals surface area contributed by atoms with Crippen molar-refractivity contribution in [3.63, 3.8) is 0 Å². The van der Waals surface area contributed by atoms with Gasteiger partial charge in [-0.1, -0.05) is 135 Å². The third kappa shape index (κ3) is 26.9. The van der Waals surface area contributed by atoms with Gasteiger partial charge in [0.05, 0.1) is 29.5 Å². The first-order valence-electron chi connectivity index (χ1n) is 24.6. The summed E-state index contributed by atoms with van der Waals surface area (Å²) < 4.78 is 0. The van der Waals surface area contributed by atoms with Crippen LogP contribution in [0, 0.1) is 102 Å². The Morgan fingerprint density at radius 1 is 0.632 bits per heavy atom. The molecule has 0 aliphatic carbocycles. The maximum absolute atomic E-state index is 11.6. The fraction of sp³-hybridized carbons (Fsp3) is 0.217. The van der Waals surface area contributed by atoms with Crippen molar-refractivity contribution >= 4 is 71.1 Å². The summed E-state index contributed by atoms with van der Waals surface area (Å²) >= 11 is 0.